The number of nitrogens with one attached hydrogen (secondary N) is 1. The number of carboxylic acid groups (broad SMARTS) is 1. The van der Waals surface area contributed by atoms with Crippen LogP contribution in [0.15, 0.2) is 36.9 Å². The van der Waals surface area contributed by atoms with Crippen LogP contribution in [0.1, 0.15) is 34.8 Å². The normalized spacial score (nSPS) is 14.1. The molecule has 0 amide bonds. The molecule has 0 aliphatic heterocycles. The molecule has 1 saturated carbocycles. The molecule has 116 valence electrons. The van der Waals surface area contributed by atoms with E-state index in [1.165, 1.54) is 12.8 Å². The molecule has 0 saturated heterocycles. The number of anilines is 1. The highest BCUT2D eigenvalue weighted by Crippen LogP contribution is 2.37. The number of nitrogens with zero attached hydrogens (tertiary/aromatic N) is 4. The Bertz CT molecular complexity index is 868. The van der Waals surface area contributed by atoms with E-state index in [9.17, 15) is 4.79 Å². The van der Waals surface area contributed by atoms with Gasteiger partial charge in [0.15, 0.2) is 11.5 Å². The van der Waals surface area contributed by atoms with Gasteiger partial charge >= 0.3 is 5.97 Å². The van der Waals surface area contributed by atoms with Crippen molar-refractivity contribution < 1.29 is 9.90 Å². The van der Waals surface area contributed by atoms with Gasteiger partial charge < -0.3 is 15.0 Å². The summed E-state index contributed by atoms with van der Waals surface area (Å²) >= 11 is 0. The minimum absolute atomic E-state index is 0.279. The predicted molar refractivity (Wildman–Crippen MR) is 84.3 cm³/mol. The maximum Gasteiger partial charge on any atom is 0.335 e. The Kier molecular flexibility index (Phi) is 3.18. The Morgan fingerprint density at radius 3 is 2.70 bits per heavy atom. The number of hydrogen-bond donors (Lipinski definition) is 2. The lowest BCUT2D eigenvalue weighted by atomic mass is 10.1. The van der Waals surface area contributed by atoms with E-state index in [1.807, 2.05) is 6.33 Å². The molecule has 2 N–H and O–H groups in total. The smallest absolute Gasteiger partial charge is 0.335 e. The van der Waals surface area contributed by atoms with E-state index < -0.39 is 5.97 Å². The van der Waals surface area contributed by atoms with Crippen LogP contribution in [0.3, 0.4) is 0 Å². The van der Waals surface area contributed by atoms with Crippen LogP contribution in [0.2, 0.25) is 0 Å². The lowest BCUT2D eigenvalue weighted by molar-refractivity contribution is 0.0697. The Morgan fingerprint density at radius 2 is 2.00 bits per heavy atom. The molecule has 0 atom stereocenters. The van der Waals surface area contributed by atoms with Gasteiger partial charge in [0.2, 0.25) is 0 Å². The third-order valence-electron chi connectivity index (χ3n) is 3.96. The Hall–Kier alpha value is -2.96. The Morgan fingerprint density at radius 1 is 1.22 bits per heavy atom. The summed E-state index contributed by atoms with van der Waals surface area (Å²) in [6, 6.07) is 7.29. The van der Waals surface area contributed by atoms with Gasteiger partial charge in [-0.05, 0) is 30.5 Å². The zero-order chi connectivity index (χ0) is 15.8. The standard InChI is InChI=1S/C16H15N5O2/c22-16(23)11-3-1-10(2-4-11)7-17-14-13-15(19-8-18-14)21(9-20-13)12-5-6-12/h1-4,8-9,12H,5-7H2,(H,22,23)(H,17,18,19). The van der Waals surface area contributed by atoms with Gasteiger partial charge in [-0.3, -0.25) is 0 Å². The average molecular weight is 309 g/mol. The van der Waals surface area contributed by atoms with E-state index in [4.69, 9.17) is 5.11 Å². The summed E-state index contributed by atoms with van der Waals surface area (Å²) in [5, 5.41) is 12.2. The number of carboxylic acids is 1. The highest BCUT2D eigenvalue weighted by molar-refractivity contribution is 5.87. The SMILES string of the molecule is O=C(O)c1ccc(CNc2ncnc3c2ncn3C2CC2)cc1. The lowest BCUT2D eigenvalue weighted by Crippen LogP contribution is -2.04. The molecule has 1 fully saturated rings. The number of benzene rings is 1. The van der Waals surface area contributed by atoms with Gasteiger partial charge in [-0.15, -0.1) is 0 Å². The number of carbonyl (C=O) groups is 1. The van der Waals surface area contributed by atoms with Crippen molar-refractivity contribution in [3.05, 3.63) is 48.0 Å². The molecule has 0 radical (unpaired) electrons. The van der Waals surface area contributed by atoms with Gasteiger partial charge in [-0.25, -0.2) is 19.7 Å². The molecule has 0 spiro atoms. The molecule has 7 heteroatoms. The van der Waals surface area contributed by atoms with Crippen LogP contribution in [0.5, 0.6) is 0 Å². The fourth-order valence-corrected chi connectivity index (χ4v) is 2.55. The summed E-state index contributed by atoms with van der Waals surface area (Å²) in [4.78, 5) is 23.9. The second kappa shape index (κ2) is 5.35. The van der Waals surface area contributed by atoms with E-state index >= 15 is 0 Å². The van der Waals surface area contributed by atoms with Crippen molar-refractivity contribution in [1.82, 2.24) is 19.5 Å². The monoisotopic (exact) mass is 309 g/mol. The third kappa shape index (κ3) is 2.61. The average Bonchev–Trinajstić information content (AvgIpc) is 3.32. The topological polar surface area (TPSA) is 92.9 Å². The molecule has 1 aliphatic rings. The van der Waals surface area contributed by atoms with Crippen molar-refractivity contribution in [3.8, 4) is 0 Å². The van der Waals surface area contributed by atoms with Crippen LogP contribution in [0.4, 0.5) is 5.82 Å². The van der Waals surface area contributed by atoms with Crippen LogP contribution < -0.4 is 5.32 Å². The van der Waals surface area contributed by atoms with Gasteiger partial charge in [0.25, 0.3) is 0 Å². The highest BCUT2D eigenvalue weighted by atomic mass is 16.4. The van der Waals surface area contributed by atoms with Crippen molar-refractivity contribution in [2.24, 2.45) is 0 Å². The highest BCUT2D eigenvalue weighted by Gasteiger charge is 2.26. The van der Waals surface area contributed by atoms with Crippen LogP contribution in [0, 0.1) is 0 Å². The molecule has 7 nitrogen and oxygen atoms in total. The lowest BCUT2D eigenvalue weighted by Gasteiger charge is -2.07. The van der Waals surface area contributed by atoms with Crippen LogP contribution in [-0.2, 0) is 6.54 Å². The first-order chi connectivity index (χ1) is 11.2. The first-order valence-electron chi connectivity index (χ1n) is 7.46. The molecule has 0 unspecified atom stereocenters. The zero-order valence-corrected chi connectivity index (χ0v) is 12.3. The second-order valence-electron chi connectivity index (χ2n) is 5.63. The number of fused-ring (bicyclic) bond motifs is 1. The number of hydrogen-bond acceptors (Lipinski definition) is 5. The minimum Gasteiger partial charge on any atom is -0.478 e. The van der Waals surface area contributed by atoms with E-state index in [0.29, 0.717) is 18.4 Å². The summed E-state index contributed by atoms with van der Waals surface area (Å²) < 4.78 is 2.10. The van der Waals surface area contributed by atoms with Crippen LogP contribution in [-0.4, -0.2) is 30.6 Å². The van der Waals surface area contributed by atoms with Crippen molar-refractivity contribution >= 4 is 23.0 Å². The molecule has 1 aliphatic carbocycles. The molecule has 2 aromatic heterocycles. The fourth-order valence-electron chi connectivity index (χ4n) is 2.55. The van der Waals surface area contributed by atoms with E-state index in [0.717, 1.165) is 16.7 Å². The van der Waals surface area contributed by atoms with E-state index in [2.05, 4.69) is 24.8 Å². The predicted octanol–water partition coefficient (Wildman–Crippen LogP) is 2.47. The fraction of sp³-hybridized carbons (Fsp3) is 0.250. The third-order valence-corrected chi connectivity index (χ3v) is 3.96. The van der Waals surface area contributed by atoms with Crippen LogP contribution >= 0.6 is 0 Å². The first-order valence-corrected chi connectivity index (χ1v) is 7.46. The van der Waals surface area contributed by atoms with E-state index in [1.54, 1.807) is 30.6 Å². The number of aromatic nitrogens is 4. The maximum absolute atomic E-state index is 10.9. The van der Waals surface area contributed by atoms with Gasteiger partial charge in [-0.2, -0.15) is 0 Å². The molecular formula is C16H15N5O2. The van der Waals surface area contributed by atoms with Crippen molar-refractivity contribution in [2.75, 3.05) is 5.32 Å². The van der Waals surface area contributed by atoms with Crippen molar-refractivity contribution in [3.63, 3.8) is 0 Å². The summed E-state index contributed by atoms with van der Waals surface area (Å²) in [6.45, 7) is 0.544. The molecular weight excluding hydrogens is 294 g/mol. The maximum atomic E-state index is 10.9. The van der Waals surface area contributed by atoms with Crippen molar-refractivity contribution in [2.45, 2.75) is 25.4 Å². The Balaban J connectivity index is 1.54. The van der Waals surface area contributed by atoms with Gasteiger partial charge in [0.05, 0.1) is 11.9 Å². The second-order valence-corrected chi connectivity index (χ2v) is 5.63. The quantitative estimate of drug-likeness (QED) is 0.752. The zero-order valence-electron chi connectivity index (χ0n) is 12.3. The first kappa shape index (κ1) is 13.7. The summed E-state index contributed by atoms with van der Waals surface area (Å²) in [7, 11) is 0. The van der Waals surface area contributed by atoms with Gasteiger partial charge in [-0.1, -0.05) is 12.1 Å². The minimum atomic E-state index is -0.923. The molecule has 23 heavy (non-hydrogen) atoms. The summed E-state index contributed by atoms with van der Waals surface area (Å²) in [6.07, 6.45) is 5.71. The number of aromatic carboxylic acids is 1. The molecule has 2 heterocycles. The molecule has 4 rings (SSSR count). The molecule has 0 bridgehead atoms. The Labute approximate surface area is 132 Å². The summed E-state index contributed by atoms with van der Waals surface area (Å²) in [5.41, 5.74) is 2.87. The largest absolute Gasteiger partial charge is 0.478 e. The van der Waals surface area contributed by atoms with Gasteiger partial charge in [0, 0.05) is 12.6 Å². The number of rotatable bonds is 5. The van der Waals surface area contributed by atoms with Gasteiger partial charge in [0.1, 0.15) is 11.8 Å². The van der Waals surface area contributed by atoms with E-state index in [-0.39, 0.29) is 5.56 Å². The van der Waals surface area contributed by atoms with Crippen LogP contribution in [0.25, 0.3) is 11.2 Å². The van der Waals surface area contributed by atoms with Crippen molar-refractivity contribution in [1.29, 1.82) is 0 Å². The molecule has 1 aromatic carbocycles. The summed E-state index contributed by atoms with van der Waals surface area (Å²) in [5.74, 6) is -0.232. The molecule has 3 aromatic rings. The number of imidazole rings is 1.